The Morgan fingerprint density at radius 2 is 1.43 bits per heavy atom. The van der Waals surface area contributed by atoms with Crippen LogP contribution >= 0.6 is 0 Å². The minimum atomic E-state index is -0.592. The van der Waals surface area contributed by atoms with Gasteiger partial charge < -0.3 is 19.7 Å². The molecule has 0 saturated carbocycles. The van der Waals surface area contributed by atoms with Gasteiger partial charge in [-0.3, -0.25) is 4.79 Å². The lowest BCUT2D eigenvalue weighted by Gasteiger charge is -2.48. The summed E-state index contributed by atoms with van der Waals surface area (Å²) in [6, 6.07) is 0. The molecule has 0 bridgehead atoms. The Hall–Kier alpha value is -0.650. The Kier molecular flexibility index (Phi) is 12.3. The fourth-order valence-electron chi connectivity index (χ4n) is 4.11. The van der Waals surface area contributed by atoms with Crippen molar-refractivity contribution in [3.8, 4) is 0 Å². The smallest absolute Gasteiger partial charge is 0.305 e. The fourth-order valence-corrected chi connectivity index (χ4v) is 4.11. The highest BCUT2D eigenvalue weighted by molar-refractivity contribution is 5.68. The van der Waals surface area contributed by atoms with E-state index in [4.69, 9.17) is 4.74 Å². The molecule has 0 radical (unpaired) electrons. The third-order valence-corrected chi connectivity index (χ3v) is 5.96. The van der Waals surface area contributed by atoms with E-state index < -0.39 is 11.3 Å². The molecule has 1 unspecified atom stereocenters. The molecule has 5 heteroatoms. The second-order valence-corrected chi connectivity index (χ2v) is 9.06. The molecule has 0 N–H and O–H groups in total. The number of methoxy groups -OCH3 is 1. The third-order valence-electron chi connectivity index (χ3n) is 5.96. The van der Waals surface area contributed by atoms with E-state index >= 15 is 0 Å². The highest BCUT2D eigenvalue weighted by Crippen LogP contribution is 2.41. The molecule has 1 aliphatic rings. The summed E-state index contributed by atoms with van der Waals surface area (Å²) in [6.45, 7) is 6.74. The zero-order chi connectivity index (χ0) is 20.9. The Balaban J connectivity index is 2.20. The van der Waals surface area contributed by atoms with E-state index in [1.807, 2.05) is 13.8 Å². The Morgan fingerprint density at radius 1 is 0.929 bits per heavy atom. The standard InChI is InChI=1S/C23H44NO4/c1-5-6-7-15-18-23(24(26)22(2,3)20-28-23)19-16-13-11-9-8-10-12-14-17-21(25)27-4/h5-20H2,1-4H3/q-1. The van der Waals surface area contributed by atoms with Crippen LogP contribution in [0.4, 0.5) is 0 Å². The SMILES string of the molecule is CCCCCCC1(CCCCCCCCCCC(=O)OC)OCC(C)(C)N1[O-]. The monoisotopic (exact) mass is 398 g/mol. The van der Waals surface area contributed by atoms with Gasteiger partial charge in [0.05, 0.1) is 13.7 Å². The topological polar surface area (TPSA) is 61.8 Å². The van der Waals surface area contributed by atoms with Gasteiger partial charge in [-0.05, 0) is 46.0 Å². The number of unbranched alkanes of at least 4 members (excludes halogenated alkanes) is 10. The minimum absolute atomic E-state index is 0.103. The van der Waals surface area contributed by atoms with Gasteiger partial charge in [-0.15, -0.1) is 0 Å². The molecule has 0 amide bonds. The van der Waals surface area contributed by atoms with Crippen LogP contribution < -0.4 is 0 Å². The number of ether oxygens (including phenoxy) is 2. The summed E-state index contributed by atoms with van der Waals surface area (Å²) in [6.07, 6.45) is 16.1. The van der Waals surface area contributed by atoms with Gasteiger partial charge in [0.15, 0.2) is 0 Å². The maximum Gasteiger partial charge on any atom is 0.305 e. The van der Waals surface area contributed by atoms with Crippen LogP contribution in [-0.2, 0) is 14.3 Å². The van der Waals surface area contributed by atoms with Crippen LogP contribution in [0.3, 0.4) is 0 Å². The van der Waals surface area contributed by atoms with Crippen molar-refractivity contribution in [1.82, 2.24) is 5.06 Å². The molecule has 0 aliphatic carbocycles. The van der Waals surface area contributed by atoms with Crippen LogP contribution in [0.25, 0.3) is 0 Å². The number of nitrogens with zero attached hydrogens (tertiary/aromatic N) is 1. The molecule has 1 heterocycles. The van der Waals surface area contributed by atoms with Gasteiger partial charge in [0.2, 0.25) is 0 Å². The van der Waals surface area contributed by atoms with Crippen molar-refractivity contribution >= 4 is 5.97 Å². The number of hydrogen-bond acceptors (Lipinski definition) is 5. The van der Waals surface area contributed by atoms with Crippen LogP contribution in [-0.4, -0.2) is 36.0 Å². The van der Waals surface area contributed by atoms with Gasteiger partial charge in [-0.1, -0.05) is 64.7 Å². The molecule has 1 atom stereocenters. The van der Waals surface area contributed by atoms with E-state index in [1.54, 1.807) is 0 Å². The lowest BCUT2D eigenvalue weighted by Crippen LogP contribution is -2.48. The van der Waals surface area contributed by atoms with Crippen molar-refractivity contribution in [3.05, 3.63) is 5.21 Å². The molecule has 5 nitrogen and oxygen atoms in total. The summed E-state index contributed by atoms with van der Waals surface area (Å²) in [7, 11) is 1.45. The van der Waals surface area contributed by atoms with Crippen LogP contribution in [0.2, 0.25) is 0 Å². The Morgan fingerprint density at radius 3 is 1.89 bits per heavy atom. The van der Waals surface area contributed by atoms with Gasteiger partial charge >= 0.3 is 5.97 Å². The Bertz CT molecular complexity index is 427. The first-order chi connectivity index (χ1) is 13.4. The average Bonchev–Trinajstić information content (AvgIpc) is 2.91. The number of esters is 1. The fraction of sp³-hybridized carbons (Fsp3) is 0.957. The molecule has 1 rings (SSSR count). The number of rotatable bonds is 16. The van der Waals surface area contributed by atoms with Gasteiger partial charge in [0.1, 0.15) is 5.72 Å². The van der Waals surface area contributed by atoms with Gasteiger partial charge in [0, 0.05) is 12.0 Å². The van der Waals surface area contributed by atoms with Crippen molar-refractivity contribution in [2.24, 2.45) is 0 Å². The molecule has 1 saturated heterocycles. The molecule has 0 aromatic rings. The number of carbonyl (C=O) groups is 1. The lowest BCUT2D eigenvalue weighted by atomic mass is 9.95. The maximum atomic E-state index is 12.9. The molecule has 0 spiro atoms. The van der Waals surface area contributed by atoms with E-state index in [0.717, 1.165) is 44.9 Å². The zero-order valence-corrected chi connectivity index (χ0v) is 18.9. The predicted molar refractivity (Wildman–Crippen MR) is 115 cm³/mol. The number of hydrogen-bond donors (Lipinski definition) is 0. The first-order valence-corrected chi connectivity index (χ1v) is 11.6. The predicted octanol–water partition coefficient (Wildman–Crippen LogP) is 6.34. The van der Waals surface area contributed by atoms with Crippen molar-refractivity contribution in [1.29, 1.82) is 0 Å². The summed E-state index contributed by atoms with van der Waals surface area (Å²) in [5, 5.41) is 14.2. The van der Waals surface area contributed by atoms with E-state index in [1.165, 1.54) is 57.1 Å². The molecule has 28 heavy (non-hydrogen) atoms. The summed E-state index contributed by atoms with van der Waals surface area (Å²) in [5.74, 6) is -0.103. The molecule has 1 fully saturated rings. The molecular formula is C23H44NO4-. The molecule has 0 aromatic carbocycles. The highest BCUT2D eigenvalue weighted by Gasteiger charge is 2.45. The largest absolute Gasteiger partial charge is 0.783 e. The highest BCUT2D eigenvalue weighted by atomic mass is 16.6. The van der Waals surface area contributed by atoms with Gasteiger partial charge in [-0.2, -0.15) is 0 Å². The lowest BCUT2D eigenvalue weighted by molar-refractivity contribution is -0.140. The van der Waals surface area contributed by atoms with Crippen molar-refractivity contribution in [2.75, 3.05) is 13.7 Å². The van der Waals surface area contributed by atoms with Crippen LogP contribution in [0.1, 0.15) is 117 Å². The maximum absolute atomic E-state index is 12.9. The first-order valence-electron chi connectivity index (χ1n) is 11.6. The summed E-state index contributed by atoms with van der Waals surface area (Å²) >= 11 is 0. The molecule has 166 valence electrons. The molecular weight excluding hydrogens is 354 g/mol. The van der Waals surface area contributed by atoms with Crippen LogP contribution in [0, 0.1) is 5.21 Å². The van der Waals surface area contributed by atoms with Crippen molar-refractivity contribution in [2.45, 2.75) is 128 Å². The van der Waals surface area contributed by atoms with E-state index in [2.05, 4.69) is 11.7 Å². The molecule has 1 aliphatic heterocycles. The second-order valence-electron chi connectivity index (χ2n) is 9.06. The van der Waals surface area contributed by atoms with E-state index in [9.17, 15) is 10.0 Å². The minimum Gasteiger partial charge on any atom is -0.783 e. The third kappa shape index (κ3) is 8.79. The van der Waals surface area contributed by atoms with Crippen LogP contribution in [0.5, 0.6) is 0 Å². The average molecular weight is 399 g/mol. The van der Waals surface area contributed by atoms with E-state index in [-0.39, 0.29) is 5.97 Å². The normalized spacial score (nSPS) is 21.9. The summed E-state index contributed by atoms with van der Waals surface area (Å²) in [5.41, 5.74) is -1.000. The van der Waals surface area contributed by atoms with E-state index in [0.29, 0.717) is 13.0 Å². The first kappa shape index (κ1) is 25.4. The van der Waals surface area contributed by atoms with Crippen molar-refractivity contribution < 1.29 is 14.3 Å². The van der Waals surface area contributed by atoms with Crippen molar-refractivity contribution in [3.63, 3.8) is 0 Å². The number of hydroxylamine groups is 2. The Labute approximate surface area is 173 Å². The second kappa shape index (κ2) is 13.6. The van der Waals surface area contributed by atoms with Gasteiger partial charge in [-0.25, -0.2) is 0 Å². The zero-order valence-electron chi connectivity index (χ0n) is 18.9. The van der Waals surface area contributed by atoms with Gasteiger partial charge in [0.25, 0.3) is 0 Å². The summed E-state index contributed by atoms with van der Waals surface area (Å²) < 4.78 is 10.8. The molecule has 0 aromatic heterocycles. The number of carbonyl (C=O) groups excluding carboxylic acids is 1. The van der Waals surface area contributed by atoms with Crippen LogP contribution in [0.15, 0.2) is 0 Å². The quantitative estimate of drug-likeness (QED) is 0.224. The summed E-state index contributed by atoms with van der Waals surface area (Å²) in [4.78, 5) is 11.1.